The number of aromatic nitrogens is 1. The highest BCUT2D eigenvalue weighted by Crippen LogP contribution is 2.20. The molecule has 2 heterocycles. The smallest absolute Gasteiger partial charge is 0.373 e. The van der Waals surface area contributed by atoms with Gasteiger partial charge in [-0.15, -0.1) is 0 Å². The van der Waals surface area contributed by atoms with Crippen molar-refractivity contribution in [3.8, 4) is 0 Å². The van der Waals surface area contributed by atoms with Gasteiger partial charge in [0.15, 0.2) is 0 Å². The van der Waals surface area contributed by atoms with Crippen molar-refractivity contribution < 1.29 is 18.9 Å². The Morgan fingerprint density at radius 2 is 2.04 bits per heavy atom. The van der Waals surface area contributed by atoms with Gasteiger partial charge in [0.25, 0.3) is 11.2 Å². The van der Waals surface area contributed by atoms with Gasteiger partial charge in [-0.25, -0.2) is 4.79 Å². The number of ether oxygens (including phenoxy) is 1. The van der Waals surface area contributed by atoms with Gasteiger partial charge in [0, 0.05) is 23.6 Å². The molecular weight excluding hydrogens is 316 g/mol. The summed E-state index contributed by atoms with van der Waals surface area (Å²) in [6.45, 7) is 0.0883. The average Bonchev–Trinajstić information content (AvgIpc) is 3.05. The van der Waals surface area contributed by atoms with Crippen LogP contribution in [0.2, 0.25) is 0 Å². The van der Waals surface area contributed by atoms with Crippen LogP contribution in [-0.4, -0.2) is 22.6 Å². The van der Waals surface area contributed by atoms with Crippen LogP contribution in [-0.2, 0) is 11.3 Å². The Labute approximate surface area is 135 Å². The van der Waals surface area contributed by atoms with E-state index in [1.54, 1.807) is 6.07 Å². The molecule has 0 spiro atoms. The monoisotopic (exact) mass is 328 g/mol. The van der Waals surface area contributed by atoms with E-state index in [-0.39, 0.29) is 23.6 Å². The number of methoxy groups -OCH3 is 1. The van der Waals surface area contributed by atoms with Gasteiger partial charge >= 0.3 is 5.97 Å². The second kappa shape index (κ2) is 5.99. The van der Waals surface area contributed by atoms with Crippen LogP contribution in [0.3, 0.4) is 0 Å². The third-order valence-electron chi connectivity index (χ3n) is 3.55. The fourth-order valence-electron chi connectivity index (χ4n) is 2.40. The second-order valence-electron chi connectivity index (χ2n) is 5.02. The molecule has 0 bridgehead atoms. The van der Waals surface area contributed by atoms with Crippen molar-refractivity contribution in [1.29, 1.82) is 0 Å². The largest absolute Gasteiger partial charge is 0.463 e. The van der Waals surface area contributed by atoms with Crippen LogP contribution in [0.1, 0.15) is 16.3 Å². The Balaban J connectivity index is 2.04. The third kappa shape index (κ3) is 2.76. The minimum atomic E-state index is -0.609. The first-order chi connectivity index (χ1) is 11.5. The van der Waals surface area contributed by atoms with Gasteiger partial charge in [-0.05, 0) is 24.3 Å². The van der Waals surface area contributed by atoms with Gasteiger partial charge in [-0.3, -0.25) is 14.9 Å². The first kappa shape index (κ1) is 15.5. The molecule has 122 valence electrons. The molecule has 0 atom stereocenters. The van der Waals surface area contributed by atoms with Crippen molar-refractivity contribution in [3.63, 3.8) is 0 Å². The maximum absolute atomic E-state index is 12.1. The lowest BCUT2D eigenvalue weighted by molar-refractivity contribution is -0.384. The predicted octanol–water partition coefficient (Wildman–Crippen LogP) is 2.34. The van der Waals surface area contributed by atoms with Crippen molar-refractivity contribution in [2.24, 2.45) is 0 Å². The molecule has 0 aliphatic heterocycles. The zero-order chi connectivity index (χ0) is 17.3. The van der Waals surface area contributed by atoms with Gasteiger partial charge in [0.2, 0.25) is 5.76 Å². The van der Waals surface area contributed by atoms with Crippen molar-refractivity contribution >= 4 is 22.6 Å². The van der Waals surface area contributed by atoms with E-state index in [0.29, 0.717) is 16.7 Å². The molecule has 8 nitrogen and oxygen atoms in total. The van der Waals surface area contributed by atoms with Gasteiger partial charge in [-0.1, -0.05) is 0 Å². The Hall–Kier alpha value is -3.42. The number of nitro groups is 1. The summed E-state index contributed by atoms with van der Waals surface area (Å²) in [7, 11) is 1.24. The SMILES string of the molecule is COC(=O)c1ccc(Cn2c(=O)ccc3cc([N+](=O)[O-])ccc32)o1. The van der Waals surface area contributed by atoms with E-state index in [9.17, 15) is 19.7 Å². The molecule has 24 heavy (non-hydrogen) atoms. The van der Waals surface area contributed by atoms with Crippen LogP contribution in [0.4, 0.5) is 5.69 Å². The van der Waals surface area contributed by atoms with Crippen molar-refractivity contribution in [3.05, 3.63) is 74.5 Å². The molecule has 0 fully saturated rings. The van der Waals surface area contributed by atoms with Crippen LogP contribution >= 0.6 is 0 Å². The summed E-state index contributed by atoms with van der Waals surface area (Å²) in [6, 6.07) is 10.1. The average molecular weight is 328 g/mol. The lowest BCUT2D eigenvalue weighted by Crippen LogP contribution is -2.19. The van der Waals surface area contributed by atoms with E-state index in [0.717, 1.165) is 0 Å². The summed E-state index contributed by atoms with van der Waals surface area (Å²) in [5.74, 6) is -0.179. The van der Waals surface area contributed by atoms with Crippen LogP contribution < -0.4 is 5.56 Å². The number of nitro benzene ring substituents is 1. The maximum Gasteiger partial charge on any atom is 0.373 e. The number of non-ortho nitro benzene ring substituents is 1. The number of carbonyl (C=O) groups is 1. The molecule has 0 saturated heterocycles. The number of carbonyl (C=O) groups excluding carboxylic acids is 1. The fraction of sp³-hybridized carbons (Fsp3) is 0.125. The van der Waals surface area contributed by atoms with Crippen LogP contribution in [0.25, 0.3) is 10.9 Å². The normalized spacial score (nSPS) is 10.7. The van der Waals surface area contributed by atoms with Crippen LogP contribution in [0, 0.1) is 10.1 Å². The molecule has 0 radical (unpaired) electrons. The van der Waals surface area contributed by atoms with E-state index in [1.165, 1.54) is 48.1 Å². The number of esters is 1. The number of hydrogen-bond donors (Lipinski definition) is 0. The van der Waals surface area contributed by atoms with E-state index in [1.807, 2.05) is 0 Å². The van der Waals surface area contributed by atoms with E-state index in [4.69, 9.17) is 4.42 Å². The van der Waals surface area contributed by atoms with Crippen LogP contribution in [0.15, 0.2) is 51.7 Å². The van der Waals surface area contributed by atoms with Crippen molar-refractivity contribution in [2.75, 3.05) is 7.11 Å². The molecule has 0 amide bonds. The molecule has 3 aromatic rings. The molecule has 3 rings (SSSR count). The van der Waals surface area contributed by atoms with Crippen molar-refractivity contribution in [2.45, 2.75) is 6.54 Å². The minimum Gasteiger partial charge on any atom is -0.463 e. The quantitative estimate of drug-likeness (QED) is 0.413. The topological polar surface area (TPSA) is 105 Å². The molecule has 0 saturated carbocycles. The molecule has 0 unspecified atom stereocenters. The highest BCUT2D eigenvalue weighted by atomic mass is 16.6. The fourth-order valence-corrected chi connectivity index (χ4v) is 2.40. The van der Waals surface area contributed by atoms with Gasteiger partial charge < -0.3 is 13.7 Å². The standard InChI is InChI=1S/C16H12N2O6/c1-23-16(20)14-6-4-12(24-14)9-17-13-5-3-11(18(21)22)8-10(13)2-7-15(17)19/h2-8H,9H2,1H3. The summed E-state index contributed by atoms with van der Waals surface area (Å²) in [5.41, 5.74) is 0.190. The van der Waals surface area contributed by atoms with Crippen molar-refractivity contribution in [1.82, 2.24) is 4.57 Å². The Kier molecular flexibility index (Phi) is 3.87. The number of rotatable bonds is 4. The number of pyridine rings is 1. The number of benzene rings is 1. The van der Waals surface area contributed by atoms with Gasteiger partial charge in [0.05, 0.1) is 24.1 Å². The number of furan rings is 1. The highest BCUT2D eigenvalue weighted by molar-refractivity contribution is 5.86. The van der Waals surface area contributed by atoms with E-state index in [2.05, 4.69) is 4.74 Å². The molecule has 8 heteroatoms. The summed E-state index contributed by atoms with van der Waals surface area (Å²) in [6.07, 6.45) is 0. The Morgan fingerprint density at radius 1 is 1.25 bits per heavy atom. The first-order valence-corrected chi connectivity index (χ1v) is 6.94. The second-order valence-corrected chi connectivity index (χ2v) is 5.02. The summed E-state index contributed by atoms with van der Waals surface area (Å²) < 4.78 is 11.3. The molecule has 1 aromatic carbocycles. The number of nitrogens with zero attached hydrogens (tertiary/aromatic N) is 2. The number of fused-ring (bicyclic) bond motifs is 1. The summed E-state index contributed by atoms with van der Waals surface area (Å²) >= 11 is 0. The van der Waals surface area contributed by atoms with E-state index < -0.39 is 10.9 Å². The Morgan fingerprint density at radius 3 is 2.75 bits per heavy atom. The van der Waals surface area contributed by atoms with Gasteiger partial charge in [-0.2, -0.15) is 0 Å². The lowest BCUT2D eigenvalue weighted by Gasteiger charge is -2.08. The predicted molar refractivity (Wildman–Crippen MR) is 84.0 cm³/mol. The first-order valence-electron chi connectivity index (χ1n) is 6.94. The summed E-state index contributed by atoms with van der Waals surface area (Å²) in [4.78, 5) is 33.9. The Bertz CT molecular complexity index is 1000. The maximum atomic E-state index is 12.1. The zero-order valence-corrected chi connectivity index (χ0v) is 12.6. The molecular formula is C16H12N2O6. The zero-order valence-electron chi connectivity index (χ0n) is 12.6. The van der Waals surface area contributed by atoms with Gasteiger partial charge in [0.1, 0.15) is 5.76 Å². The summed E-state index contributed by atoms with van der Waals surface area (Å²) in [5, 5.41) is 11.4. The molecule has 2 aromatic heterocycles. The highest BCUT2D eigenvalue weighted by Gasteiger charge is 2.14. The molecule has 0 N–H and O–H groups in total. The lowest BCUT2D eigenvalue weighted by atomic mass is 10.2. The minimum absolute atomic E-state index is 0.0384. The van der Waals surface area contributed by atoms with E-state index >= 15 is 0 Å². The third-order valence-corrected chi connectivity index (χ3v) is 3.55. The molecule has 0 aliphatic rings. The van der Waals surface area contributed by atoms with Crippen LogP contribution in [0.5, 0.6) is 0 Å². The number of hydrogen-bond acceptors (Lipinski definition) is 6. The molecule has 0 aliphatic carbocycles.